The first-order valence-corrected chi connectivity index (χ1v) is 4.89. The molecule has 0 saturated carbocycles. The number of rotatable bonds is 1. The number of hydrogen-bond donors (Lipinski definition) is 2. The van der Waals surface area contributed by atoms with Crippen molar-refractivity contribution in [2.75, 3.05) is 0 Å². The van der Waals surface area contributed by atoms with Crippen LogP contribution in [0.1, 0.15) is 10.8 Å². The Morgan fingerprint density at radius 1 is 1.43 bits per heavy atom. The van der Waals surface area contributed by atoms with Crippen molar-refractivity contribution in [3.05, 3.63) is 29.8 Å². The fourth-order valence-corrected chi connectivity index (χ4v) is 2.13. The van der Waals surface area contributed by atoms with E-state index in [0.717, 1.165) is 11.8 Å². The molecule has 1 aromatic carbocycles. The standard InChI is InChI=1S/C9H8N2O2S/c10-9-11-8(13)7(14-9)5-3-1-2-4-6(5)12/h1-4,7,12H,(H2,10,11,13)/t7-/m1/s1. The zero-order chi connectivity index (χ0) is 10.1. The van der Waals surface area contributed by atoms with E-state index in [9.17, 15) is 9.90 Å². The molecule has 72 valence electrons. The number of hydrogen-bond acceptors (Lipinski definition) is 4. The van der Waals surface area contributed by atoms with E-state index in [2.05, 4.69) is 4.99 Å². The summed E-state index contributed by atoms with van der Waals surface area (Å²) >= 11 is 1.16. The number of amidine groups is 1. The molecule has 5 heteroatoms. The van der Waals surface area contributed by atoms with Gasteiger partial charge in [0.2, 0.25) is 0 Å². The first kappa shape index (κ1) is 9.08. The second kappa shape index (κ2) is 3.34. The van der Waals surface area contributed by atoms with Gasteiger partial charge >= 0.3 is 0 Å². The number of benzene rings is 1. The third kappa shape index (κ3) is 1.46. The third-order valence-corrected chi connectivity index (χ3v) is 2.93. The maximum Gasteiger partial charge on any atom is 0.266 e. The molecule has 0 fully saturated rings. The zero-order valence-electron chi connectivity index (χ0n) is 7.18. The highest BCUT2D eigenvalue weighted by atomic mass is 32.2. The van der Waals surface area contributed by atoms with Crippen LogP contribution in [0.15, 0.2) is 29.3 Å². The van der Waals surface area contributed by atoms with Crippen LogP contribution in [0.3, 0.4) is 0 Å². The van der Waals surface area contributed by atoms with Gasteiger partial charge in [0, 0.05) is 5.56 Å². The maximum absolute atomic E-state index is 11.3. The summed E-state index contributed by atoms with van der Waals surface area (Å²) in [6.45, 7) is 0. The summed E-state index contributed by atoms with van der Waals surface area (Å²) in [5, 5.41) is 9.28. The minimum absolute atomic E-state index is 0.100. The molecule has 1 aromatic rings. The molecule has 0 saturated heterocycles. The molecule has 1 aliphatic heterocycles. The Kier molecular flexibility index (Phi) is 2.17. The van der Waals surface area contributed by atoms with Gasteiger partial charge in [-0.15, -0.1) is 0 Å². The van der Waals surface area contributed by atoms with E-state index in [1.54, 1.807) is 18.2 Å². The summed E-state index contributed by atoms with van der Waals surface area (Å²) in [6, 6.07) is 6.70. The van der Waals surface area contributed by atoms with Gasteiger partial charge in [-0.25, -0.2) is 0 Å². The molecule has 14 heavy (non-hydrogen) atoms. The molecule has 4 nitrogen and oxygen atoms in total. The molecule has 0 radical (unpaired) electrons. The van der Waals surface area contributed by atoms with Gasteiger partial charge in [0.25, 0.3) is 5.91 Å². The molecule has 0 unspecified atom stereocenters. The SMILES string of the molecule is NC1=NC(=O)[C@@H](c2ccccc2O)S1. The van der Waals surface area contributed by atoms with Gasteiger partial charge in [-0.3, -0.25) is 4.79 Å². The number of thioether (sulfide) groups is 1. The summed E-state index contributed by atoms with van der Waals surface area (Å²) in [7, 11) is 0. The number of nitrogens with zero attached hydrogens (tertiary/aromatic N) is 1. The second-order valence-electron chi connectivity index (χ2n) is 2.84. The van der Waals surface area contributed by atoms with Crippen LogP contribution in [-0.2, 0) is 4.79 Å². The van der Waals surface area contributed by atoms with Crippen LogP contribution < -0.4 is 5.73 Å². The minimum Gasteiger partial charge on any atom is -0.508 e. The second-order valence-corrected chi connectivity index (χ2v) is 3.97. The quantitative estimate of drug-likeness (QED) is 0.722. The van der Waals surface area contributed by atoms with Crippen LogP contribution in [0.25, 0.3) is 0 Å². The lowest BCUT2D eigenvalue weighted by Gasteiger charge is -2.07. The monoisotopic (exact) mass is 208 g/mol. The Bertz CT molecular complexity index is 417. The molecule has 2 rings (SSSR count). The highest BCUT2D eigenvalue weighted by Gasteiger charge is 2.30. The summed E-state index contributed by atoms with van der Waals surface area (Å²) in [4.78, 5) is 14.9. The fraction of sp³-hybridized carbons (Fsp3) is 0.111. The number of phenols is 1. The van der Waals surface area contributed by atoms with Crippen molar-refractivity contribution in [3.63, 3.8) is 0 Å². The Hall–Kier alpha value is -1.49. The largest absolute Gasteiger partial charge is 0.508 e. The van der Waals surface area contributed by atoms with E-state index in [1.807, 2.05) is 0 Å². The van der Waals surface area contributed by atoms with Gasteiger partial charge in [-0.1, -0.05) is 30.0 Å². The van der Waals surface area contributed by atoms with Crippen molar-refractivity contribution in [1.82, 2.24) is 0 Å². The van der Waals surface area contributed by atoms with Crippen molar-refractivity contribution in [3.8, 4) is 5.75 Å². The van der Waals surface area contributed by atoms with Crippen LogP contribution in [-0.4, -0.2) is 16.2 Å². The average molecular weight is 208 g/mol. The summed E-state index contributed by atoms with van der Waals surface area (Å²) in [5.41, 5.74) is 5.98. The van der Waals surface area contributed by atoms with Crippen LogP contribution in [0, 0.1) is 0 Å². The summed E-state index contributed by atoms with van der Waals surface area (Å²) in [6.07, 6.45) is 0. The number of nitrogens with two attached hydrogens (primary N) is 1. The Labute approximate surface area is 84.8 Å². The van der Waals surface area contributed by atoms with Crippen LogP contribution in [0.4, 0.5) is 0 Å². The number of para-hydroxylation sites is 1. The number of amides is 1. The minimum atomic E-state index is -0.490. The van der Waals surface area contributed by atoms with Crippen molar-refractivity contribution in [1.29, 1.82) is 0 Å². The highest BCUT2D eigenvalue weighted by molar-refractivity contribution is 8.15. The number of aliphatic imine (C=N–C) groups is 1. The molecule has 1 aliphatic rings. The lowest BCUT2D eigenvalue weighted by atomic mass is 10.1. The van der Waals surface area contributed by atoms with E-state index < -0.39 is 5.25 Å². The van der Waals surface area contributed by atoms with Gasteiger partial charge in [0.1, 0.15) is 11.0 Å². The molecule has 3 N–H and O–H groups in total. The average Bonchev–Trinajstić information content (AvgIpc) is 2.46. The zero-order valence-corrected chi connectivity index (χ0v) is 7.99. The van der Waals surface area contributed by atoms with Crippen molar-refractivity contribution in [2.24, 2.45) is 10.7 Å². The van der Waals surface area contributed by atoms with Crippen molar-refractivity contribution in [2.45, 2.75) is 5.25 Å². The summed E-state index contributed by atoms with van der Waals surface area (Å²) < 4.78 is 0. The maximum atomic E-state index is 11.3. The van der Waals surface area contributed by atoms with E-state index in [4.69, 9.17) is 5.73 Å². The third-order valence-electron chi connectivity index (χ3n) is 1.90. The van der Waals surface area contributed by atoms with Gasteiger partial charge in [-0.2, -0.15) is 4.99 Å². The molecule has 0 aliphatic carbocycles. The lowest BCUT2D eigenvalue weighted by Crippen LogP contribution is -2.03. The first-order valence-electron chi connectivity index (χ1n) is 4.01. The number of aromatic hydroxyl groups is 1. The molecular weight excluding hydrogens is 200 g/mol. The lowest BCUT2D eigenvalue weighted by molar-refractivity contribution is -0.117. The Balaban J connectivity index is 2.35. The highest BCUT2D eigenvalue weighted by Crippen LogP contribution is 2.38. The molecular formula is C9H8N2O2S. The smallest absolute Gasteiger partial charge is 0.266 e. The molecule has 0 aromatic heterocycles. The topological polar surface area (TPSA) is 75.7 Å². The number of carbonyl (C=O) groups is 1. The van der Waals surface area contributed by atoms with E-state index >= 15 is 0 Å². The van der Waals surface area contributed by atoms with Crippen LogP contribution in [0.5, 0.6) is 5.75 Å². The number of phenolic OH excluding ortho intramolecular Hbond substituents is 1. The molecule has 0 spiro atoms. The molecule has 1 heterocycles. The van der Waals surface area contributed by atoms with E-state index in [1.165, 1.54) is 6.07 Å². The van der Waals surface area contributed by atoms with Crippen LogP contribution in [0.2, 0.25) is 0 Å². The summed E-state index contributed by atoms with van der Waals surface area (Å²) in [5.74, 6) is -0.211. The van der Waals surface area contributed by atoms with Gasteiger partial charge in [-0.05, 0) is 6.07 Å². The number of carbonyl (C=O) groups excluding carboxylic acids is 1. The van der Waals surface area contributed by atoms with Crippen molar-refractivity contribution >= 4 is 22.8 Å². The molecule has 1 atom stereocenters. The van der Waals surface area contributed by atoms with Crippen molar-refractivity contribution < 1.29 is 9.90 Å². The van der Waals surface area contributed by atoms with Gasteiger partial charge in [0.05, 0.1) is 0 Å². The van der Waals surface area contributed by atoms with Gasteiger partial charge < -0.3 is 10.8 Å². The predicted molar refractivity (Wildman–Crippen MR) is 55.1 cm³/mol. The van der Waals surface area contributed by atoms with E-state index in [-0.39, 0.29) is 16.8 Å². The fourth-order valence-electron chi connectivity index (χ4n) is 1.27. The Morgan fingerprint density at radius 2 is 2.14 bits per heavy atom. The first-order chi connectivity index (χ1) is 6.68. The van der Waals surface area contributed by atoms with E-state index in [0.29, 0.717) is 5.56 Å². The predicted octanol–water partition coefficient (Wildman–Crippen LogP) is 1.02. The Morgan fingerprint density at radius 3 is 2.71 bits per heavy atom. The van der Waals surface area contributed by atoms with Gasteiger partial charge in [0.15, 0.2) is 5.17 Å². The van der Waals surface area contributed by atoms with Crippen LogP contribution >= 0.6 is 11.8 Å². The normalized spacial score (nSPS) is 21.0. The molecule has 0 bridgehead atoms. The molecule has 1 amide bonds.